The molecule has 1 aromatic heterocycles. The zero-order valence-electron chi connectivity index (χ0n) is 25.6. The maximum Gasteiger partial charge on any atom is 0.0992 e. The van der Waals surface area contributed by atoms with Crippen molar-refractivity contribution in [1.82, 2.24) is 4.57 Å². The van der Waals surface area contributed by atoms with Crippen molar-refractivity contribution in [3.05, 3.63) is 175 Å². The molecule has 0 atom stereocenters. The van der Waals surface area contributed by atoms with Gasteiger partial charge in [0.1, 0.15) is 0 Å². The molecule has 47 heavy (non-hydrogen) atoms. The standard InChI is InChI=1S/C45H28N2/c46-29-30-26-27-35(43(28-30)47-41-24-12-10-17-33(41)34-18-11-13-25-42(34)47)32-16-4-5-19-36(32)45-39-22-8-6-20-37(39)44(31-14-2-1-3-15-31)38-21-7-9-23-40(38)45/h1-28H. The molecule has 0 N–H and O–H groups in total. The normalized spacial score (nSPS) is 11.4. The summed E-state index contributed by atoms with van der Waals surface area (Å²) < 4.78 is 2.33. The Bertz CT molecular complexity index is 2580. The van der Waals surface area contributed by atoms with Crippen LogP contribution in [0.4, 0.5) is 0 Å². The van der Waals surface area contributed by atoms with Gasteiger partial charge in [0, 0.05) is 16.3 Å². The van der Waals surface area contributed by atoms with E-state index in [4.69, 9.17) is 0 Å². The lowest BCUT2D eigenvalue weighted by Crippen LogP contribution is -1.99. The third kappa shape index (κ3) is 4.18. The number of hydrogen-bond donors (Lipinski definition) is 0. The summed E-state index contributed by atoms with van der Waals surface area (Å²) in [6, 6.07) is 62.6. The van der Waals surface area contributed by atoms with E-state index < -0.39 is 0 Å². The van der Waals surface area contributed by atoms with Gasteiger partial charge >= 0.3 is 0 Å². The van der Waals surface area contributed by atoms with Crippen LogP contribution in [0, 0.1) is 11.3 Å². The van der Waals surface area contributed by atoms with Gasteiger partial charge in [-0.2, -0.15) is 5.26 Å². The largest absolute Gasteiger partial charge is 0.309 e. The van der Waals surface area contributed by atoms with Crippen molar-refractivity contribution in [2.75, 3.05) is 0 Å². The number of nitrogens with zero attached hydrogens (tertiary/aromatic N) is 2. The average Bonchev–Trinajstić information content (AvgIpc) is 3.48. The first-order chi connectivity index (χ1) is 23.3. The van der Waals surface area contributed by atoms with Gasteiger partial charge in [0.05, 0.1) is 28.4 Å². The van der Waals surface area contributed by atoms with Crippen LogP contribution >= 0.6 is 0 Å². The second kappa shape index (κ2) is 10.9. The van der Waals surface area contributed by atoms with Crippen molar-refractivity contribution < 1.29 is 0 Å². The summed E-state index contributed by atoms with van der Waals surface area (Å²) in [5.41, 5.74) is 10.9. The molecule has 0 spiro atoms. The lowest BCUT2D eigenvalue weighted by molar-refractivity contribution is 1.18. The maximum absolute atomic E-state index is 10.1. The Kier molecular flexibility index (Phi) is 6.23. The summed E-state index contributed by atoms with van der Waals surface area (Å²) >= 11 is 0. The number of rotatable bonds is 4. The van der Waals surface area contributed by atoms with Gasteiger partial charge in [0.2, 0.25) is 0 Å². The molecule has 0 amide bonds. The molecule has 9 rings (SSSR count). The van der Waals surface area contributed by atoms with Crippen molar-refractivity contribution in [2.24, 2.45) is 0 Å². The van der Waals surface area contributed by atoms with E-state index in [1.165, 1.54) is 49.0 Å². The van der Waals surface area contributed by atoms with Gasteiger partial charge in [-0.15, -0.1) is 0 Å². The van der Waals surface area contributed by atoms with Crippen molar-refractivity contribution in [3.8, 4) is 45.1 Å². The first-order valence-electron chi connectivity index (χ1n) is 15.9. The maximum atomic E-state index is 10.1. The molecule has 0 fully saturated rings. The van der Waals surface area contributed by atoms with Crippen LogP contribution in [0.3, 0.4) is 0 Å². The van der Waals surface area contributed by atoms with Crippen LogP contribution in [0.5, 0.6) is 0 Å². The Morgan fingerprint density at radius 1 is 0.383 bits per heavy atom. The highest BCUT2D eigenvalue weighted by Gasteiger charge is 2.21. The molecule has 0 unspecified atom stereocenters. The molecule has 0 radical (unpaired) electrons. The van der Waals surface area contributed by atoms with Crippen LogP contribution in [0.15, 0.2) is 170 Å². The first-order valence-corrected chi connectivity index (χ1v) is 15.9. The smallest absolute Gasteiger partial charge is 0.0992 e. The molecule has 2 heteroatoms. The minimum Gasteiger partial charge on any atom is -0.309 e. The van der Waals surface area contributed by atoms with Gasteiger partial charge in [-0.05, 0) is 73.6 Å². The number of para-hydroxylation sites is 2. The molecule has 9 aromatic rings. The molecule has 0 aliphatic rings. The summed E-state index contributed by atoms with van der Waals surface area (Å²) in [6.45, 7) is 0. The van der Waals surface area contributed by atoms with Gasteiger partial charge < -0.3 is 4.57 Å². The monoisotopic (exact) mass is 596 g/mol. The Morgan fingerprint density at radius 3 is 1.43 bits per heavy atom. The highest BCUT2D eigenvalue weighted by Crippen LogP contribution is 2.47. The Morgan fingerprint density at radius 2 is 0.851 bits per heavy atom. The molecule has 0 saturated heterocycles. The molecule has 1 heterocycles. The molecule has 0 aliphatic carbocycles. The van der Waals surface area contributed by atoms with Crippen LogP contribution in [0.2, 0.25) is 0 Å². The van der Waals surface area contributed by atoms with Crippen LogP contribution in [-0.2, 0) is 0 Å². The third-order valence-corrected chi connectivity index (χ3v) is 9.43. The van der Waals surface area contributed by atoms with Crippen LogP contribution in [-0.4, -0.2) is 4.57 Å². The Labute approximate surface area is 273 Å². The summed E-state index contributed by atoms with van der Waals surface area (Å²) in [4.78, 5) is 0. The Balaban J connectivity index is 1.40. The predicted molar refractivity (Wildman–Crippen MR) is 197 cm³/mol. The van der Waals surface area contributed by atoms with E-state index in [0.717, 1.165) is 33.4 Å². The highest BCUT2D eigenvalue weighted by atomic mass is 15.0. The fourth-order valence-corrected chi connectivity index (χ4v) is 7.47. The SMILES string of the molecule is N#Cc1ccc(-c2ccccc2-c2c3ccccc3c(-c3ccccc3)c3ccccc23)c(-n2c3ccccc3c3ccccc32)c1. The topological polar surface area (TPSA) is 28.7 Å². The molecule has 218 valence electrons. The Hall–Kier alpha value is -6.43. The predicted octanol–water partition coefficient (Wildman–Crippen LogP) is 12.0. The second-order valence-corrected chi connectivity index (χ2v) is 12.0. The minimum atomic E-state index is 0.631. The summed E-state index contributed by atoms with van der Waals surface area (Å²) in [7, 11) is 0. The number of aromatic nitrogens is 1. The van der Waals surface area contributed by atoms with E-state index in [0.29, 0.717) is 5.56 Å². The van der Waals surface area contributed by atoms with E-state index >= 15 is 0 Å². The minimum absolute atomic E-state index is 0.631. The number of benzene rings is 8. The van der Waals surface area contributed by atoms with Gasteiger partial charge in [-0.3, -0.25) is 0 Å². The van der Waals surface area contributed by atoms with E-state index in [1.807, 2.05) is 12.1 Å². The fourth-order valence-electron chi connectivity index (χ4n) is 7.47. The van der Waals surface area contributed by atoms with Crippen LogP contribution < -0.4 is 0 Å². The summed E-state index contributed by atoms with van der Waals surface area (Å²) in [6.07, 6.45) is 0. The number of fused-ring (bicyclic) bond motifs is 5. The van der Waals surface area contributed by atoms with E-state index in [-0.39, 0.29) is 0 Å². The zero-order valence-corrected chi connectivity index (χ0v) is 25.6. The molecule has 2 nitrogen and oxygen atoms in total. The molecular weight excluding hydrogens is 569 g/mol. The summed E-state index contributed by atoms with van der Waals surface area (Å²) in [5, 5.41) is 17.3. The molecule has 0 saturated carbocycles. The quantitative estimate of drug-likeness (QED) is 0.186. The van der Waals surface area contributed by atoms with Crippen molar-refractivity contribution in [3.63, 3.8) is 0 Å². The molecule has 0 bridgehead atoms. The second-order valence-electron chi connectivity index (χ2n) is 12.0. The van der Waals surface area contributed by atoms with Crippen molar-refractivity contribution >= 4 is 43.4 Å². The number of nitriles is 1. The molecular formula is C45H28N2. The highest BCUT2D eigenvalue weighted by molar-refractivity contribution is 6.22. The fraction of sp³-hybridized carbons (Fsp3) is 0. The van der Waals surface area contributed by atoms with Crippen LogP contribution in [0.1, 0.15) is 5.56 Å². The molecule has 0 aliphatic heterocycles. The first kappa shape index (κ1) is 26.9. The lowest BCUT2D eigenvalue weighted by atomic mass is 9.83. The van der Waals surface area contributed by atoms with Crippen LogP contribution in [0.25, 0.3) is 82.4 Å². The average molecular weight is 597 g/mol. The molecule has 8 aromatic carbocycles. The summed E-state index contributed by atoms with van der Waals surface area (Å²) in [5.74, 6) is 0. The van der Waals surface area contributed by atoms with Gasteiger partial charge in [0.25, 0.3) is 0 Å². The van der Waals surface area contributed by atoms with E-state index in [2.05, 4.69) is 168 Å². The van der Waals surface area contributed by atoms with Crippen molar-refractivity contribution in [1.29, 1.82) is 5.26 Å². The van der Waals surface area contributed by atoms with E-state index in [1.54, 1.807) is 0 Å². The third-order valence-electron chi connectivity index (χ3n) is 9.43. The lowest BCUT2D eigenvalue weighted by Gasteiger charge is -2.21. The van der Waals surface area contributed by atoms with E-state index in [9.17, 15) is 5.26 Å². The number of hydrogen-bond acceptors (Lipinski definition) is 1. The zero-order chi connectivity index (χ0) is 31.3. The van der Waals surface area contributed by atoms with Gasteiger partial charge in [-0.1, -0.05) is 146 Å². The van der Waals surface area contributed by atoms with Crippen molar-refractivity contribution in [2.45, 2.75) is 0 Å². The van der Waals surface area contributed by atoms with Gasteiger partial charge in [-0.25, -0.2) is 0 Å². The van der Waals surface area contributed by atoms with Gasteiger partial charge in [0.15, 0.2) is 0 Å².